The lowest BCUT2D eigenvalue weighted by Crippen LogP contribution is -2.54. The van der Waals surface area contributed by atoms with Gasteiger partial charge in [0.05, 0.1) is 22.4 Å². The zero-order valence-corrected chi connectivity index (χ0v) is 23.4. The van der Waals surface area contributed by atoms with Gasteiger partial charge in [0.25, 0.3) is 0 Å². The van der Waals surface area contributed by atoms with Gasteiger partial charge in [0, 0.05) is 43.5 Å². The van der Waals surface area contributed by atoms with Crippen molar-refractivity contribution in [2.24, 2.45) is 0 Å². The van der Waals surface area contributed by atoms with Crippen LogP contribution < -0.4 is 11.0 Å². The average Bonchev–Trinajstić information content (AvgIpc) is 3.26. The Hall–Kier alpha value is -2.21. The second kappa shape index (κ2) is 10.7. The molecule has 3 saturated heterocycles. The number of amides is 1. The third kappa shape index (κ3) is 5.43. The maximum atomic E-state index is 13.3. The number of hydrogen-bond donors (Lipinski definition) is 2. The van der Waals surface area contributed by atoms with E-state index < -0.39 is 15.9 Å². The van der Waals surface area contributed by atoms with Gasteiger partial charge in [0.1, 0.15) is 9.84 Å². The number of carbonyl (C=O) groups is 1. The molecule has 4 heterocycles. The van der Waals surface area contributed by atoms with E-state index in [0.29, 0.717) is 56.6 Å². The Labute approximate surface area is 224 Å². The Morgan fingerprint density at radius 1 is 1.03 bits per heavy atom. The van der Waals surface area contributed by atoms with Crippen LogP contribution in [0.3, 0.4) is 0 Å². The van der Waals surface area contributed by atoms with Crippen molar-refractivity contribution in [2.45, 2.75) is 87.9 Å². The molecule has 3 atom stereocenters. The van der Waals surface area contributed by atoms with E-state index in [9.17, 15) is 23.1 Å². The predicted octanol–water partition coefficient (Wildman–Crippen LogP) is 1.81. The fourth-order valence-electron chi connectivity index (χ4n) is 6.91. The summed E-state index contributed by atoms with van der Waals surface area (Å²) in [4.78, 5) is 31.0. The highest BCUT2D eigenvalue weighted by molar-refractivity contribution is 7.91. The second-order valence-corrected chi connectivity index (χ2v) is 14.1. The molecule has 0 aliphatic carbocycles. The number of fused-ring (bicyclic) bond motifs is 3. The summed E-state index contributed by atoms with van der Waals surface area (Å²) in [5.41, 5.74) is 1.06. The predicted molar refractivity (Wildman–Crippen MR) is 147 cm³/mol. The Kier molecular flexibility index (Phi) is 7.74. The van der Waals surface area contributed by atoms with Gasteiger partial charge in [-0.05, 0) is 77.6 Å². The van der Waals surface area contributed by atoms with Crippen molar-refractivity contribution in [3.05, 3.63) is 34.7 Å². The number of aliphatic hydroxyl groups excluding tert-OH is 1. The number of benzene rings is 1. The van der Waals surface area contributed by atoms with E-state index in [1.165, 1.54) is 10.8 Å². The molecule has 0 radical (unpaired) electrons. The maximum absolute atomic E-state index is 13.3. The van der Waals surface area contributed by atoms with Gasteiger partial charge >= 0.3 is 11.7 Å². The van der Waals surface area contributed by atoms with Gasteiger partial charge in [-0.2, -0.15) is 0 Å². The van der Waals surface area contributed by atoms with Crippen molar-refractivity contribution >= 4 is 26.9 Å². The van der Waals surface area contributed by atoms with E-state index >= 15 is 0 Å². The molecule has 2 N–H and O–H groups in total. The quantitative estimate of drug-likeness (QED) is 0.543. The van der Waals surface area contributed by atoms with Crippen molar-refractivity contribution in [1.82, 2.24) is 24.3 Å². The minimum absolute atomic E-state index is 0.0172. The summed E-state index contributed by atoms with van der Waals surface area (Å²) in [7, 11) is -3.00. The Balaban J connectivity index is 1.18. The number of sulfone groups is 1. The molecule has 2 aromatic rings. The third-order valence-corrected chi connectivity index (χ3v) is 10.4. The van der Waals surface area contributed by atoms with Gasteiger partial charge in [0.2, 0.25) is 0 Å². The van der Waals surface area contributed by atoms with Crippen molar-refractivity contribution in [3.8, 4) is 0 Å². The Morgan fingerprint density at radius 3 is 2.21 bits per heavy atom. The van der Waals surface area contributed by atoms with Crippen molar-refractivity contribution in [1.29, 1.82) is 0 Å². The first kappa shape index (κ1) is 27.4. The van der Waals surface area contributed by atoms with Crippen molar-refractivity contribution in [2.75, 3.05) is 32.4 Å². The number of aliphatic hydroxyl groups is 1. The number of β-amino-alcohol motifs (C(OH)–C–C–N with tert-alkyl or cyclic N) is 1. The number of carbonyl (C=O) groups excluding carboxylic acids is 1. The van der Waals surface area contributed by atoms with Gasteiger partial charge < -0.3 is 15.3 Å². The Bertz CT molecular complexity index is 1310. The van der Waals surface area contributed by atoms with Gasteiger partial charge in [-0.15, -0.1) is 0 Å². The van der Waals surface area contributed by atoms with Crippen LogP contribution in [0.5, 0.6) is 0 Å². The van der Waals surface area contributed by atoms with E-state index in [1.54, 1.807) is 4.57 Å². The molecule has 0 saturated carbocycles. The number of piperidine rings is 2. The fraction of sp³-hybridized carbons (Fsp3) is 0.704. The van der Waals surface area contributed by atoms with Crippen LogP contribution in [-0.4, -0.2) is 100 Å². The molecule has 1 aromatic carbocycles. The number of hydrogen-bond acceptors (Lipinski definition) is 7. The molecule has 1 aromatic heterocycles. The number of nitrogens with one attached hydrogen (secondary N) is 1. The van der Waals surface area contributed by atoms with E-state index in [1.807, 2.05) is 38.1 Å². The van der Waals surface area contributed by atoms with Crippen molar-refractivity contribution < 1.29 is 18.3 Å². The van der Waals surface area contributed by atoms with Crippen LogP contribution in [0, 0.1) is 0 Å². The van der Waals surface area contributed by atoms with E-state index in [4.69, 9.17) is 0 Å². The molecule has 2 bridgehead atoms. The smallest absolute Gasteiger partial charge is 0.337 e. The highest BCUT2D eigenvalue weighted by Gasteiger charge is 2.42. The summed E-state index contributed by atoms with van der Waals surface area (Å²) >= 11 is 0. The summed E-state index contributed by atoms with van der Waals surface area (Å²) in [6, 6.07) is 7.54. The van der Waals surface area contributed by atoms with Crippen LogP contribution in [0.4, 0.5) is 4.79 Å². The fourth-order valence-corrected chi connectivity index (χ4v) is 7.98. The van der Waals surface area contributed by atoms with E-state index in [-0.39, 0.29) is 29.1 Å². The van der Waals surface area contributed by atoms with Crippen LogP contribution in [0.1, 0.15) is 58.4 Å². The molecule has 0 spiro atoms. The standard InChI is InChI=1S/C27H41N5O5S/c1-18(2)31-24-6-4-5-7-25(24)32(27(31)35)26(34)28-19-14-20-8-9-21(15-19)30(20)17-22(33)16-29-12-10-23(11-13-29)38(3,36)37/h4-7,18-23,33H,8-17H2,1-3H3,(H,28,34). The highest BCUT2D eigenvalue weighted by atomic mass is 32.2. The average molecular weight is 548 g/mol. The Morgan fingerprint density at radius 2 is 1.63 bits per heavy atom. The summed E-state index contributed by atoms with van der Waals surface area (Å²) in [6.45, 7) is 6.41. The molecule has 38 heavy (non-hydrogen) atoms. The minimum atomic E-state index is -3.00. The van der Waals surface area contributed by atoms with E-state index in [2.05, 4.69) is 15.1 Å². The molecule has 210 valence electrons. The number of nitrogens with zero attached hydrogens (tertiary/aromatic N) is 4. The monoisotopic (exact) mass is 547 g/mol. The minimum Gasteiger partial charge on any atom is -0.390 e. The largest absolute Gasteiger partial charge is 0.390 e. The van der Waals surface area contributed by atoms with Gasteiger partial charge in [-0.25, -0.2) is 22.6 Å². The van der Waals surface area contributed by atoms with Gasteiger partial charge in [-0.3, -0.25) is 9.47 Å². The van der Waals surface area contributed by atoms with Crippen LogP contribution in [0.15, 0.2) is 29.1 Å². The lowest BCUT2D eigenvalue weighted by atomic mass is 9.97. The first-order valence-electron chi connectivity index (χ1n) is 13.9. The zero-order chi connectivity index (χ0) is 27.2. The summed E-state index contributed by atoms with van der Waals surface area (Å²) in [5.74, 6) is 0. The summed E-state index contributed by atoms with van der Waals surface area (Å²) in [6.07, 6.45) is 5.73. The van der Waals surface area contributed by atoms with Gasteiger partial charge in [0.15, 0.2) is 0 Å². The number of aromatic nitrogens is 2. The molecule has 10 nitrogen and oxygen atoms in total. The third-order valence-electron chi connectivity index (χ3n) is 8.74. The molecule has 3 aliphatic rings. The first-order valence-corrected chi connectivity index (χ1v) is 15.9. The summed E-state index contributed by atoms with van der Waals surface area (Å²) in [5, 5.41) is 13.7. The van der Waals surface area contributed by atoms with Gasteiger partial charge in [-0.1, -0.05) is 12.1 Å². The van der Waals surface area contributed by atoms with E-state index in [0.717, 1.165) is 31.2 Å². The van der Waals surface area contributed by atoms with Crippen molar-refractivity contribution in [3.63, 3.8) is 0 Å². The first-order chi connectivity index (χ1) is 18.0. The normalized spacial score (nSPS) is 26.3. The zero-order valence-electron chi connectivity index (χ0n) is 22.6. The SMILES string of the molecule is CC(C)n1c(=O)n(C(=O)NC2CC3CCC(C2)N3CC(O)CN2CCC(S(C)(=O)=O)CC2)c2ccccc21. The molecule has 3 aliphatic heterocycles. The number of imidazole rings is 1. The molecule has 11 heteroatoms. The van der Waals surface area contributed by atoms with Crippen LogP contribution in [-0.2, 0) is 9.84 Å². The molecular formula is C27H41N5O5S. The number of para-hydroxylation sites is 2. The molecule has 1 amide bonds. The topological polar surface area (TPSA) is 117 Å². The van der Waals surface area contributed by atoms with Crippen LogP contribution >= 0.6 is 0 Å². The molecular weight excluding hydrogens is 506 g/mol. The number of likely N-dealkylation sites (tertiary alicyclic amines) is 1. The maximum Gasteiger partial charge on any atom is 0.337 e. The molecule has 3 unspecified atom stereocenters. The van der Waals surface area contributed by atoms with Crippen LogP contribution in [0.2, 0.25) is 0 Å². The lowest BCUT2D eigenvalue weighted by Gasteiger charge is -2.41. The second-order valence-electron chi connectivity index (χ2n) is 11.8. The highest BCUT2D eigenvalue weighted by Crippen LogP contribution is 2.36. The molecule has 5 rings (SSSR count). The van der Waals surface area contributed by atoms with Crippen LogP contribution in [0.25, 0.3) is 11.0 Å². The lowest BCUT2D eigenvalue weighted by molar-refractivity contribution is 0.0312. The summed E-state index contributed by atoms with van der Waals surface area (Å²) < 4.78 is 26.6. The molecule has 3 fully saturated rings. The number of rotatable bonds is 7.